The summed E-state index contributed by atoms with van der Waals surface area (Å²) in [5.41, 5.74) is 1.77. The highest BCUT2D eigenvalue weighted by molar-refractivity contribution is 6.12. The van der Waals surface area contributed by atoms with E-state index in [4.69, 9.17) is 14.2 Å². The lowest BCUT2D eigenvalue weighted by molar-refractivity contribution is -0.148. The predicted molar refractivity (Wildman–Crippen MR) is 371 cm³/mol. The molecule has 0 saturated carbocycles. The second kappa shape index (κ2) is 39.6. The van der Waals surface area contributed by atoms with Crippen molar-refractivity contribution in [1.29, 1.82) is 0 Å². The predicted octanol–water partition coefficient (Wildman–Crippen LogP) is 7.76. The van der Waals surface area contributed by atoms with Gasteiger partial charge in [-0.05, 0) is 132 Å². The number of aliphatic hydroxyl groups is 1. The highest BCUT2D eigenvalue weighted by atomic mass is 16.6. The summed E-state index contributed by atoms with van der Waals surface area (Å²) in [4.78, 5) is 132. The largest absolute Gasteiger partial charge is 0.445 e. The third-order valence-electron chi connectivity index (χ3n) is 19.5. The molecule has 0 radical (unpaired) electrons. The first-order valence-electron chi connectivity index (χ1n) is 35.2. The summed E-state index contributed by atoms with van der Waals surface area (Å²) >= 11 is 0. The van der Waals surface area contributed by atoms with Crippen LogP contribution in [0.5, 0.6) is 0 Å². The molecular formula is C73H116N10O13. The first-order chi connectivity index (χ1) is 45.6. The van der Waals surface area contributed by atoms with Gasteiger partial charge in [0.15, 0.2) is 0 Å². The third-order valence-corrected chi connectivity index (χ3v) is 19.5. The molecular weight excluding hydrogens is 1220 g/mol. The molecule has 13 atom stereocenters. The SMILES string of the molecule is CC[C@H](C)[C@@H]([C@@H](CC(=O)N1CCC[C@H]1[C@H](OC)[C@@H](C)C(=O)N[C@H](C)[C@@H](O)c1ccccc1)OC)N(C)C(=O)[C@@H](NC(=O)[C@H](C(C)C)N(C)C(=O)OCc1ccc(NC(=O)[C@H](CCCN2CCCCC2)NC(=O)[C@@H](N[C@H](C)CCCCCN2C(=O)C=CC2=O)C(C)C)cc1)C(C)C. The van der Waals surface area contributed by atoms with Crippen LogP contribution in [0.25, 0.3) is 0 Å². The quantitative estimate of drug-likeness (QED) is 0.0276. The number of unbranched alkanes of at least 4 members (excludes halogenated alkanes) is 2. The number of hydrogen-bond acceptors (Lipinski definition) is 15. The average molecular weight is 1340 g/mol. The second-order valence-electron chi connectivity index (χ2n) is 27.9. The Morgan fingerprint density at radius 3 is 1.90 bits per heavy atom. The molecule has 96 heavy (non-hydrogen) atoms. The number of carbonyl (C=O) groups excluding carboxylic acids is 9. The Morgan fingerprint density at radius 1 is 0.656 bits per heavy atom. The highest BCUT2D eigenvalue weighted by Gasteiger charge is 2.44. The van der Waals surface area contributed by atoms with Crippen LogP contribution < -0.4 is 26.6 Å². The molecule has 2 fully saturated rings. The molecule has 23 nitrogen and oxygen atoms in total. The summed E-state index contributed by atoms with van der Waals surface area (Å²) < 4.78 is 17.9. The number of benzene rings is 2. The number of anilines is 1. The number of likely N-dealkylation sites (N-methyl/N-ethyl adjacent to an activating group) is 2. The minimum absolute atomic E-state index is 0.0168. The van der Waals surface area contributed by atoms with Crippen molar-refractivity contribution in [2.75, 3.05) is 66.4 Å². The van der Waals surface area contributed by atoms with Crippen LogP contribution in [0.2, 0.25) is 0 Å². The maximum absolute atomic E-state index is 14.9. The van der Waals surface area contributed by atoms with Gasteiger partial charge in [-0.2, -0.15) is 0 Å². The zero-order valence-electron chi connectivity index (χ0n) is 60.1. The molecule has 3 aliphatic heterocycles. The van der Waals surface area contributed by atoms with Crippen LogP contribution in [0.1, 0.15) is 177 Å². The molecule has 2 aromatic rings. The fraction of sp³-hybridized carbons (Fsp3) is 0.685. The average Bonchev–Trinajstić information content (AvgIpc) is 1.80. The van der Waals surface area contributed by atoms with E-state index in [1.54, 1.807) is 80.9 Å². The number of ether oxygens (including phenoxy) is 3. The summed E-state index contributed by atoms with van der Waals surface area (Å²) in [7, 11) is 6.19. The minimum atomic E-state index is -1.04. The number of rotatable bonds is 39. The van der Waals surface area contributed by atoms with Crippen molar-refractivity contribution >= 4 is 59.0 Å². The number of amides is 9. The summed E-state index contributed by atoms with van der Waals surface area (Å²) in [6, 6.07) is 10.9. The van der Waals surface area contributed by atoms with Crippen molar-refractivity contribution in [1.82, 2.24) is 45.8 Å². The zero-order chi connectivity index (χ0) is 70.9. The van der Waals surface area contributed by atoms with Crippen molar-refractivity contribution in [3.8, 4) is 0 Å². The Kier molecular flexibility index (Phi) is 32.9. The van der Waals surface area contributed by atoms with Gasteiger partial charge in [0.25, 0.3) is 11.8 Å². The molecule has 0 spiro atoms. The molecule has 9 amide bonds. The number of piperidine rings is 1. The molecule has 2 saturated heterocycles. The monoisotopic (exact) mass is 1340 g/mol. The van der Waals surface area contributed by atoms with Gasteiger partial charge in [0.05, 0.1) is 54.8 Å². The Balaban J connectivity index is 1.18. The van der Waals surface area contributed by atoms with Crippen LogP contribution in [0.4, 0.5) is 10.5 Å². The van der Waals surface area contributed by atoms with E-state index in [0.717, 1.165) is 51.7 Å². The number of nitrogens with one attached hydrogen (secondary N) is 5. The third kappa shape index (κ3) is 23.2. The van der Waals surface area contributed by atoms with Gasteiger partial charge in [0, 0.05) is 65.3 Å². The van der Waals surface area contributed by atoms with Crippen molar-refractivity contribution in [3.05, 3.63) is 77.9 Å². The number of imide groups is 1. The van der Waals surface area contributed by atoms with Crippen molar-refractivity contribution in [2.45, 2.75) is 233 Å². The molecule has 0 aliphatic carbocycles. The van der Waals surface area contributed by atoms with Gasteiger partial charge in [-0.3, -0.25) is 48.2 Å². The number of methoxy groups -OCH3 is 2. The molecule has 3 heterocycles. The van der Waals surface area contributed by atoms with Crippen LogP contribution in [-0.4, -0.2) is 205 Å². The lowest BCUT2D eigenvalue weighted by atomic mass is 9.89. The Bertz CT molecular complexity index is 2830. The molecule has 0 bridgehead atoms. The molecule has 6 N–H and O–H groups in total. The van der Waals surface area contributed by atoms with Gasteiger partial charge >= 0.3 is 6.09 Å². The van der Waals surface area contributed by atoms with Crippen molar-refractivity contribution in [2.24, 2.45) is 29.6 Å². The van der Waals surface area contributed by atoms with Gasteiger partial charge in [-0.15, -0.1) is 0 Å². The maximum Gasteiger partial charge on any atom is 0.410 e. The highest BCUT2D eigenvalue weighted by Crippen LogP contribution is 2.31. The molecule has 5 rings (SSSR count). The van der Waals surface area contributed by atoms with Gasteiger partial charge in [-0.1, -0.05) is 130 Å². The van der Waals surface area contributed by atoms with Crippen LogP contribution in [0.3, 0.4) is 0 Å². The maximum atomic E-state index is 14.9. The fourth-order valence-electron chi connectivity index (χ4n) is 13.6. The fourth-order valence-corrected chi connectivity index (χ4v) is 13.6. The zero-order valence-corrected chi connectivity index (χ0v) is 60.1. The van der Waals surface area contributed by atoms with Gasteiger partial charge in [-0.25, -0.2) is 4.79 Å². The van der Waals surface area contributed by atoms with Gasteiger partial charge in [0.2, 0.25) is 35.4 Å². The summed E-state index contributed by atoms with van der Waals surface area (Å²) in [5, 5.41) is 26.5. The van der Waals surface area contributed by atoms with Crippen LogP contribution >= 0.6 is 0 Å². The summed E-state index contributed by atoms with van der Waals surface area (Å²) in [6.07, 6.45) is 9.09. The number of aliphatic hydroxyl groups excluding tert-OH is 1. The molecule has 0 aromatic heterocycles. The number of likely N-dealkylation sites (tertiary alicyclic amines) is 2. The van der Waals surface area contributed by atoms with Crippen LogP contribution in [-0.2, 0) is 59.2 Å². The summed E-state index contributed by atoms with van der Waals surface area (Å²) in [6.45, 7) is 24.2. The lowest BCUT2D eigenvalue weighted by Gasteiger charge is -2.41. The van der Waals surface area contributed by atoms with Crippen LogP contribution in [0.15, 0.2) is 66.7 Å². The Hall–Kier alpha value is -6.79. The Morgan fingerprint density at radius 2 is 1.30 bits per heavy atom. The van der Waals surface area contributed by atoms with E-state index in [9.17, 15) is 48.3 Å². The second-order valence-corrected chi connectivity index (χ2v) is 27.9. The van der Waals surface area contributed by atoms with Gasteiger partial charge in [0.1, 0.15) is 24.7 Å². The molecule has 536 valence electrons. The standard InChI is InChI=1S/C73H116N10O13/c1-16-49(8)65(58(94-14)44-61(86)82-43-27-32-57(82)67(95-15)51(10)68(88)75-52(11)66(87)54-29-21-17-22-30-54)79(12)72(92)63(47(4)5)78-71(91)64(48(6)7)80(13)73(93)96-45-53-33-35-55(36-34-53)76-69(89)56(31-26-41-81-39-23-19-24-40-81)77-70(90)62(46(2)3)74-50(9)28-20-18-25-42-83-59(84)37-38-60(83)85/h17,21-22,29-30,33-38,46-52,56-58,62-67,74,87H,16,18-20,23-28,31-32,39-45H2,1-15H3,(H,75,88)(H,76,89)(H,77,90)(H,78,91)/t49-,50+,51+,52+,56-,57-,58+,62-,63-,64-,65-,66+,67+/m0/s1. The minimum Gasteiger partial charge on any atom is -0.445 e. The molecule has 2 aromatic carbocycles. The van der Waals surface area contributed by atoms with E-state index >= 15 is 0 Å². The number of nitrogens with zero attached hydrogens (tertiary/aromatic N) is 5. The first-order valence-corrected chi connectivity index (χ1v) is 35.2. The van der Waals surface area contributed by atoms with Crippen LogP contribution in [0, 0.1) is 29.6 Å². The van der Waals surface area contributed by atoms with E-state index in [1.165, 1.54) is 49.6 Å². The molecule has 0 unspecified atom stereocenters. The van der Waals surface area contributed by atoms with E-state index in [0.29, 0.717) is 68.4 Å². The first kappa shape index (κ1) is 79.9. The summed E-state index contributed by atoms with van der Waals surface area (Å²) in [5.74, 6) is -4.38. The van der Waals surface area contributed by atoms with Crippen molar-refractivity contribution < 1.29 is 62.5 Å². The van der Waals surface area contributed by atoms with E-state index in [2.05, 4.69) is 31.5 Å². The van der Waals surface area contributed by atoms with Crippen molar-refractivity contribution in [3.63, 3.8) is 0 Å². The van der Waals surface area contributed by atoms with E-state index < -0.39 is 96.3 Å². The lowest BCUT2D eigenvalue weighted by Crippen LogP contribution is -2.60. The van der Waals surface area contributed by atoms with E-state index in [1.807, 2.05) is 66.7 Å². The molecule has 3 aliphatic rings. The normalized spacial score (nSPS) is 19.0. The number of carbonyl (C=O) groups is 9. The van der Waals surface area contributed by atoms with Gasteiger partial charge < -0.3 is 60.6 Å². The Labute approximate surface area is 571 Å². The number of hydrogen-bond donors (Lipinski definition) is 6. The topological polar surface area (TPSA) is 278 Å². The molecule has 23 heteroatoms. The smallest absolute Gasteiger partial charge is 0.410 e. The van der Waals surface area contributed by atoms with E-state index in [-0.39, 0.29) is 66.3 Å².